The molecule has 3 N–H and O–H groups in total. The van der Waals surface area contributed by atoms with Crippen LogP contribution in [0.3, 0.4) is 0 Å². The number of amides is 3. The van der Waals surface area contributed by atoms with Gasteiger partial charge in [0.05, 0.1) is 5.25 Å². The Morgan fingerprint density at radius 3 is 2.62 bits per heavy atom. The van der Waals surface area contributed by atoms with Crippen molar-refractivity contribution in [1.82, 2.24) is 16.0 Å². The topological polar surface area (TPSA) is 70.2 Å². The highest BCUT2D eigenvalue weighted by molar-refractivity contribution is 8.00. The molecule has 2 unspecified atom stereocenters. The zero-order chi connectivity index (χ0) is 15.8. The number of imide groups is 1. The van der Waals surface area contributed by atoms with Gasteiger partial charge in [0.1, 0.15) is 0 Å². The Balaban J connectivity index is 2.63. The molecule has 0 saturated heterocycles. The number of carbonyl (C=O) groups is 2. The van der Waals surface area contributed by atoms with Crippen LogP contribution in [0.15, 0.2) is 29.2 Å². The van der Waals surface area contributed by atoms with E-state index in [1.807, 2.05) is 25.2 Å². The first kappa shape index (κ1) is 17.5. The summed E-state index contributed by atoms with van der Waals surface area (Å²) in [7, 11) is 1.91. The van der Waals surface area contributed by atoms with E-state index < -0.39 is 6.03 Å². The van der Waals surface area contributed by atoms with E-state index in [-0.39, 0.29) is 17.2 Å². The Kier molecular flexibility index (Phi) is 7.25. The summed E-state index contributed by atoms with van der Waals surface area (Å²) in [6, 6.07) is 7.84. The number of hydrogen-bond donors (Lipinski definition) is 3. The second-order valence-corrected chi connectivity index (χ2v) is 6.11. The summed E-state index contributed by atoms with van der Waals surface area (Å²) in [6.07, 6.45) is 0. The van der Waals surface area contributed by atoms with Gasteiger partial charge in [-0.2, -0.15) is 0 Å². The maximum absolute atomic E-state index is 11.9. The van der Waals surface area contributed by atoms with E-state index in [4.69, 9.17) is 0 Å². The van der Waals surface area contributed by atoms with E-state index in [9.17, 15) is 9.59 Å². The van der Waals surface area contributed by atoms with Crippen molar-refractivity contribution in [2.45, 2.75) is 37.0 Å². The normalized spacial score (nSPS) is 13.3. The quantitative estimate of drug-likeness (QED) is 0.705. The SMILES string of the molecule is CCNC(=O)NC(=O)C(C)Sc1cccc(C(C)NC)c1. The van der Waals surface area contributed by atoms with Gasteiger partial charge in [-0.05, 0) is 45.5 Å². The number of urea groups is 1. The summed E-state index contributed by atoms with van der Waals surface area (Å²) in [5.41, 5.74) is 1.17. The molecule has 0 aliphatic heterocycles. The maximum Gasteiger partial charge on any atom is 0.321 e. The van der Waals surface area contributed by atoms with Gasteiger partial charge in [0.15, 0.2) is 0 Å². The van der Waals surface area contributed by atoms with Crippen LogP contribution in [0.25, 0.3) is 0 Å². The van der Waals surface area contributed by atoms with Gasteiger partial charge in [0.25, 0.3) is 0 Å². The van der Waals surface area contributed by atoms with Crippen molar-refractivity contribution >= 4 is 23.7 Å². The van der Waals surface area contributed by atoms with E-state index >= 15 is 0 Å². The summed E-state index contributed by atoms with van der Waals surface area (Å²) in [5, 5.41) is 7.71. The Labute approximate surface area is 130 Å². The van der Waals surface area contributed by atoms with Crippen LogP contribution in [0.4, 0.5) is 4.79 Å². The summed E-state index contributed by atoms with van der Waals surface area (Å²) in [6.45, 7) is 6.16. The summed E-state index contributed by atoms with van der Waals surface area (Å²) in [4.78, 5) is 24.2. The van der Waals surface area contributed by atoms with Crippen molar-refractivity contribution in [3.05, 3.63) is 29.8 Å². The lowest BCUT2D eigenvalue weighted by Crippen LogP contribution is -2.42. The molecule has 0 aliphatic carbocycles. The molecule has 0 aromatic heterocycles. The van der Waals surface area contributed by atoms with Crippen LogP contribution in [-0.4, -0.2) is 30.8 Å². The molecule has 1 aromatic carbocycles. The first-order chi connectivity index (χ1) is 9.97. The third-order valence-corrected chi connectivity index (χ3v) is 4.14. The molecule has 0 radical (unpaired) electrons. The van der Waals surface area contributed by atoms with Crippen molar-refractivity contribution in [3.63, 3.8) is 0 Å². The molecule has 2 atom stereocenters. The number of benzene rings is 1. The number of thioether (sulfide) groups is 1. The Morgan fingerprint density at radius 1 is 1.29 bits per heavy atom. The van der Waals surface area contributed by atoms with Gasteiger partial charge in [-0.3, -0.25) is 10.1 Å². The minimum Gasteiger partial charge on any atom is -0.338 e. The van der Waals surface area contributed by atoms with Crippen LogP contribution in [0.2, 0.25) is 0 Å². The van der Waals surface area contributed by atoms with Crippen LogP contribution in [0, 0.1) is 0 Å². The predicted octanol–water partition coefficient (Wildman–Crippen LogP) is 2.29. The van der Waals surface area contributed by atoms with E-state index in [1.54, 1.807) is 13.8 Å². The largest absolute Gasteiger partial charge is 0.338 e. The summed E-state index contributed by atoms with van der Waals surface area (Å²) >= 11 is 1.43. The lowest BCUT2D eigenvalue weighted by atomic mass is 10.1. The molecule has 1 aromatic rings. The zero-order valence-electron chi connectivity index (χ0n) is 12.9. The fourth-order valence-corrected chi connectivity index (χ4v) is 2.64. The van der Waals surface area contributed by atoms with Gasteiger partial charge < -0.3 is 10.6 Å². The van der Waals surface area contributed by atoms with Crippen molar-refractivity contribution in [2.24, 2.45) is 0 Å². The molecule has 6 heteroatoms. The predicted molar refractivity (Wildman–Crippen MR) is 86.5 cm³/mol. The van der Waals surface area contributed by atoms with E-state index in [0.29, 0.717) is 6.54 Å². The minimum absolute atomic E-state index is 0.255. The molecule has 0 bridgehead atoms. The molecular weight excluding hydrogens is 286 g/mol. The van der Waals surface area contributed by atoms with Gasteiger partial charge in [0, 0.05) is 17.5 Å². The number of rotatable bonds is 6. The average molecular weight is 309 g/mol. The first-order valence-corrected chi connectivity index (χ1v) is 7.88. The smallest absolute Gasteiger partial charge is 0.321 e. The van der Waals surface area contributed by atoms with E-state index in [2.05, 4.69) is 28.9 Å². The third kappa shape index (κ3) is 5.77. The minimum atomic E-state index is -0.451. The standard InChI is InChI=1S/C15H23N3O2S/c1-5-17-15(20)18-14(19)11(3)21-13-8-6-7-12(9-13)10(2)16-4/h6-11,16H,5H2,1-4H3,(H2,17,18,19,20). The Hall–Kier alpha value is -1.53. The third-order valence-electron chi connectivity index (χ3n) is 3.05. The Bertz CT molecular complexity index is 494. The van der Waals surface area contributed by atoms with E-state index in [0.717, 1.165) is 4.90 Å². The molecule has 5 nitrogen and oxygen atoms in total. The van der Waals surface area contributed by atoms with E-state index in [1.165, 1.54) is 17.3 Å². The molecular formula is C15H23N3O2S. The number of nitrogens with one attached hydrogen (secondary N) is 3. The fourth-order valence-electron chi connectivity index (χ4n) is 1.70. The van der Waals surface area contributed by atoms with Gasteiger partial charge in [-0.25, -0.2) is 4.79 Å². The van der Waals surface area contributed by atoms with Crippen molar-refractivity contribution in [1.29, 1.82) is 0 Å². The highest BCUT2D eigenvalue weighted by Gasteiger charge is 2.17. The molecule has 0 fully saturated rings. The number of hydrogen-bond acceptors (Lipinski definition) is 4. The monoisotopic (exact) mass is 309 g/mol. The second-order valence-electron chi connectivity index (χ2n) is 4.69. The second kappa shape index (κ2) is 8.69. The summed E-state index contributed by atoms with van der Waals surface area (Å²) < 4.78 is 0. The van der Waals surface area contributed by atoms with Crippen LogP contribution in [-0.2, 0) is 4.79 Å². The Morgan fingerprint density at radius 2 is 2.00 bits per heavy atom. The van der Waals surface area contributed by atoms with Crippen LogP contribution >= 0.6 is 11.8 Å². The molecule has 0 spiro atoms. The average Bonchev–Trinajstić information content (AvgIpc) is 2.46. The molecule has 0 aliphatic rings. The van der Waals surface area contributed by atoms with Crippen molar-refractivity contribution in [3.8, 4) is 0 Å². The molecule has 0 saturated carbocycles. The highest BCUT2D eigenvalue weighted by atomic mass is 32.2. The van der Waals surface area contributed by atoms with Crippen LogP contribution < -0.4 is 16.0 Å². The van der Waals surface area contributed by atoms with Crippen molar-refractivity contribution < 1.29 is 9.59 Å². The molecule has 21 heavy (non-hydrogen) atoms. The van der Waals surface area contributed by atoms with Gasteiger partial charge in [-0.1, -0.05) is 12.1 Å². The number of carbonyl (C=O) groups excluding carboxylic acids is 2. The molecule has 0 heterocycles. The highest BCUT2D eigenvalue weighted by Crippen LogP contribution is 2.26. The molecule has 116 valence electrons. The van der Waals surface area contributed by atoms with Crippen LogP contribution in [0.5, 0.6) is 0 Å². The van der Waals surface area contributed by atoms with Gasteiger partial charge >= 0.3 is 6.03 Å². The molecule has 1 rings (SSSR count). The van der Waals surface area contributed by atoms with Gasteiger partial charge in [-0.15, -0.1) is 11.8 Å². The van der Waals surface area contributed by atoms with Crippen LogP contribution in [0.1, 0.15) is 32.4 Å². The maximum atomic E-state index is 11.9. The first-order valence-electron chi connectivity index (χ1n) is 7.00. The lowest BCUT2D eigenvalue weighted by molar-refractivity contribution is -0.119. The summed E-state index contributed by atoms with van der Waals surface area (Å²) in [5.74, 6) is -0.294. The molecule has 3 amide bonds. The zero-order valence-corrected chi connectivity index (χ0v) is 13.7. The lowest BCUT2D eigenvalue weighted by Gasteiger charge is -2.14. The van der Waals surface area contributed by atoms with Crippen molar-refractivity contribution in [2.75, 3.05) is 13.6 Å². The fraction of sp³-hybridized carbons (Fsp3) is 0.467. The van der Waals surface area contributed by atoms with Gasteiger partial charge in [0.2, 0.25) is 5.91 Å².